The van der Waals surface area contributed by atoms with E-state index in [9.17, 15) is 31.5 Å². The summed E-state index contributed by atoms with van der Waals surface area (Å²) in [5.74, 6) is -0.512. The number of amides is 1. The maximum Gasteiger partial charge on any atom is 0.501 e. The van der Waals surface area contributed by atoms with Gasteiger partial charge in [0.1, 0.15) is 0 Å². The molecule has 130 valence electrons. The van der Waals surface area contributed by atoms with E-state index in [1.54, 1.807) is 6.92 Å². The van der Waals surface area contributed by atoms with E-state index in [2.05, 4.69) is 5.32 Å². The normalized spacial score (nSPS) is 15.0. The number of hydrogen-bond acceptors (Lipinski definition) is 4. The lowest BCUT2D eigenvalue weighted by atomic mass is 10.0. The van der Waals surface area contributed by atoms with Crippen molar-refractivity contribution >= 4 is 15.7 Å². The summed E-state index contributed by atoms with van der Waals surface area (Å²) in [6, 6.07) is 3.54. The highest BCUT2D eigenvalue weighted by Crippen LogP contribution is 2.30. The average molecular weight is 353 g/mol. The van der Waals surface area contributed by atoms with E-state index in [4.69, 9.17) is 0 Å². The number of aliphatic hydroxyl groups excluding tert-OH is 1. The topological polar surface area (TPSA) is 83.5 Å². The van der Waals surface area contributed by atoms with Crippen molar-refractivity contribution in [1.82, 2.24) is 5.32 Å². The minimum atomic E-state index is -5.42. The van der Waals surface area contributed by atoms with E-state index >= 15 is 0 Å². The second-order valence-corrected chi connectivity index (χ2v) is 7.31. The lowest BCUT2D eigenvalue weighted by Crippen LogP contribution is -2.29. The molecule has 0 radical (unpaired) electrons. The number of nitrogens with one attached hydrogen (secondary N) is 1. The molecule has 0 heterocycles. The van der Waals surface area contributed by atoms with E-state index < -0.39 is 32.3 Å². The maximum absolute atomic E-state index is 12.4. The molecule has 1 aromatic rings. The summed E-state index contributed by atoms with van der Waals surface area (Å²) in [5.41, 5.74) is -5.33. The third kappa shape index (κ3) is 5.21. The Morgan fingerprint density at radius 1 is 1.22 bits per heavy atom. The SMILES string of the molecule is C[C@H](CNC(=O)c1ccc(S(=O)(=O)C(F)(F)F)cc1)C[C@@H](C)O. The summed E-state index contributed by atoms with van der Waals surface area (Å²) in [5, 5.41) is 11.8. The summed E-state index contributed by atoms with van der Waals surface area (Å²) in [6.45, 7) is 3.73. The number of carbonyl (C=O) groups is 1. The van der Waals surface area contributed by atoms with Crippen LogP contribution in [0.2, 0.25) is 0 Å². The lowest BCUT2D eigenvalue weighted by molar-refractivity contribution is -0.0436. The van der Waals surface area contributed by atoms with Crippen LogP contribution in [-0.4, -0.2) is 37.6 Å². The molecule has 0 aliphatic heterocycles. The van der Waals surface area contributed by atoms with Crippen LogP contribution in [0, 0.1) is 5.92 Å². The van der Waals surface area contributed by atoms with Crippen LogP contribution >= 0.6 is 0 Å². The summed E-state index contributed by atoms with van der Waals surface area (Å²) >= 11 is 0. The van der Waals surface area contributed by atoms with Crippen LogP contribution in [0.3, 0.4) is 0 Å². The van der Waals surface area contributed by atoms with Gasteiger partial charge in [0.2, 0.25) is 0 Å². The van der Waals surface area contributed by atoms with E-state index in [1.807, 2.05) is 6.92 Å². The van der Waals surface area contributed by atoms with E-state index in [0.717, 1.165) is 24.3 Å². The van der Waals surface area contributed by atoms with Crippen molar-refractivity contribution in [3.8, 4) is 0 Å². The Balaban J connectivity index is 2.76. The fraction of sp³-hybridized carbons (Fsp3) is 0.500. The van der Waals surface area contributed by atoms with Crippen molar-refractivity contribution < 1.29 is 31.5 Å². The predicted molar refractivity (Wildman–Crippen MR) is 77.5 cm³/mol. The first-order valence-electron chi connectivity index (χ1n) is 6.83. The standard InChI is InChI=1S/C14H18F3NO4S/c1-9(7-10(2)19)8-18-13(20)11-3-5-12(6-4-11)23(21,22)14(15,16)17/h3-6,9-10,19H,7-8H2,1-2H3,(H,18,20)/t9-,10+/m0/s1. The smallest absolute Gasteiger partial charge is 0.393 e. The first kappa shape index (κ1) is 19.4. The van der Waals surface area contributed by atoms with Gasteiger partial charge in [-0.1, -0.05) is 6.92 Å². The van der Waals surface area contributed by atoms with Crippen LogP contribution in [-0.2, 0) is 9.84 Å². The average Bonchev–Trinajstić information content (AvgIpc) is 2.43. The molecular weight excluding hydrogens is 335 g/mol. The Morgan fingerprint density at radius 3 is 2.17 bits per heavy atom. The summed E-state index contributed by atoms with van der Waals surface area (Å²) in [7, 11) is -5.42. The molecule has 0 aliphatic carbocycles. The fourth-order valence-electron chi connectivity index (χ4n) is 1.95. The molecule has 1 amide bonds. The molecule has 5 nitrogen and oxygen atoms in total. The van der Waals surface area contributed by atoms with Crippen molar-refractivity contribution in [3.05, 3.63) is 29.8 Å². The molecule has 1 aromatic carbocycles. The van der Waals surface area contributed by atoms with Gasteiger partial charge in [0.25, 0.3) is 15.7 Å². The zero-order valence-electron chi connectivity index (χ0n) is 12.6. The zero-order valence-corrected chi connectivity index (χ0v) is 13.4. The van der Waals surface area contributed by atoms with Gasteiger partial charge < -0.3 is 10.4 Å². The maximum atomic E-state index is 12.4. The highest BCUT2D eigenvalue weighted by atomic mass is 32.2. The van der Waals surface area contributed by atoms with Gasteiger partial charge in [-0.3, -0.25) is 4.79 Å². The Morgan fingerprint density at radius 2 is 1.74 bits per heavy atom. The van der Waals surface area contributed by atoms with Crippen LogP contribution in [0.15, 0.2) is 29.2 Å². The predicted octanol–water partition coefficient (Wildman–Crippen LogP) is 2.12. The van der Waals surface area contributed by atoms with Gasteiger partial charge in [-0.05, 0) is 43.5 Å². The van der Waals surface area contributed by atoms with Gasteiger partial charge in [-0.25, -0.2) is 8.42 Å². The molecule has 2 atom stereocenters. The zero-order chi connectivity index (χ0) is 17.8. The van der Waals surface area contributed by atoms with Gasteiger partial charge in [-0.15, -0.1) is 0 Å². The number of alkyl halides is 3. The van der Waals surface area contributed by atoms with Crippen molar-refractivity contribution in [3.63, 3.8) is 0 Å². The van der Waals surface area contributed by atoms with Crippen LogP contribution in [0.25, 0.3) is 0 Å². The molecule has 1 rings (SSSR count). The van der Waals surface area contributed by atoms with Gasteiger partial charge in [-0.2, -0.15) is 13.2 Å². The van der Waals surface area contributed by atoms with E-state index in [0.29, 0.717) is 6.42 Å². The van der Waals surface area contributed by atoms with Crippen LogP contribution in [0.4, 0.5) is 13.2 Å². The number of aliphatic hydroxyl groups is 1. The lowest BCUT2D eigenvalue weighted by Gasteiger charge is -2.14. The van der Waals surface area contributed by atoms with Gasteiger partial charge in [0, 0.05) is 12.1 Å². The minimum absolute atomic E-state index is 0.0174. The molecule has 0 aromatic heterocycles. The number of sulfone groups is 1. The molecule has 0 saturated heterocycles. The molecule has 0 bridgehead atoms. The van der Waals surface area contributed by atoms with Gasteiger partial charge >= 0.3 is 5.51 Å². The molecule has 0 unspecified atom stereocenters. The quantitative estimate of drug-likeness (QED) is 0.821. The second kappa shape index (κ2) is 7.31. The number of benzene rings is 1. The largest absolute Gasteiger partial charge is 0.501 e. The highest BCUT2D eigenvalue weighted by molar-refractivity contribution is 7.92. The van der Waals surface area contributed by atoms with Crippen LogP contribution in [0.5, 0.6) is 0 Å². The molecule has 23 heavy (non-hydrogen) atoms. The van der Waals surface area contributed by atoms with Crippen molar-refractivity contribution in [2.24, 2.45) is 5.92 Å². The third-order valence-corrected chi connectivity index (χ3v) is 4.59. The van der Waals surface area contributed by atoms with Crippen molar-refractivity contribution in [2.45, 2.75) is 36.8 Å². The first-order chi connectivity index (χ1) is 10.4. The van der Waals surface area contributed by atoms with Gasteiger partial charge in [0.15, 0.2) is 0 Å². The minimum Gasteiger partial charge on any atom is -0.393 e. The monoisotopic (exact) mass is 353 g/mol. The molecule has 0 saturated carbocycles. The first-order valence-corrected chi connectivity index (χ1v) is 8.31. The summed E-state index contributed by atoms with van der Waals surface area (Å²) in [4.78, 5) is 10.9. The number of carbonyl (C=O) groups excluding carboxylic acids is 1. The third-order valence-electron chi connectivity index (χ3n) is 3.09. The molecule has 0 aliphatic rings. The number of halogens is 3. The summed E-state index contributed by atoms with van der Waals surface area (Å²) in [6.07, 6.45) is -0.0166. The van der Waals surface area contributed by atoms with Crippen LogP contribution in [0.1, 0.15) is 30.6 Å². The van der Waals surface area contributed by atoms with Crippen molar-refractivity contribution in [2.75, 3.05) is 6.54 Å². The number of hydrogen-bond donors (Lipinski definition) is 2. The summed E-state index contributed by atoms with van der Waals surface area (Å²) < 4.78 is 59.6. The number of rotatable bonds is 6. The highest BCUT2D eigenvalue weighted by Gasteiger charge is 2.46. The van der Waals surface area contributed by atoms with E-state index in [-0.39, 0.29) is 18.0 Å². The molecule has 0 fully saturated rings. The molecule has 0 spiro atoms. The fourth-order valence-corrected chi connectivity index (χ4v) is 2.72. The van der Waals surface area contributed by atoms with Crippen LogP contribution < -0.4 is 5.32 Å². The van der Waals surface area contributed by atoms with Crippen molar-refractivity contribution in [1.29, 1.82) is 0 Å². The Bertz CT molecular complexity index is 639. The molecular formula is C14H18F3NO4S. The Labute approximate surface area is 132 Å². The Hall–Kier alpha value is -1.61. The molecule has 9 heteroatoms. The Kier molecular flexibility index (Phi) is 6.18. The van der Waals surface area contributed by atoms with E-state index in [1.165, 1.54) is 0 Å². The molecule has 2 N–H and O–H groups in total. The second-order valence-electron chi connectivity index (χ2n) is 5.37. The van der Waals surface area contributed by atoms with Gasteiger partial charge in [0.05, 0.1) is 11.0 Å².